The van der Waals surface area contributed by atoms with Gasteiger partial charge in [-0.2, -0.15) is 5.10 Å². The van der Waals surface area contributed by atoms with Crippen LogP contribution in [0.15, 0.2) is 49.4 Å². The van der Waals surface area contributed by atoms with Crippen LogP contribution in [0.1, 0.15) is 50.1 Å². The molecule has 29 heavy (non-hydrogen) atoms. The first kappa shape index (κ1) is 18.8. The van der Waals surface area contributed by atoms with Gasteiger partial charge in [-0.1, -0.05) is 0 Å². The van der Waals surface area contributed by atoms with E-state index in [1.165, 1.54) is 0 Å². The van der Waals surface area contributed by atoms with Gasteiger partial charge in [-0.25, -0.2) is 9.97 Å². The van der Waals surface area contributed by atoms with Crippen LogP contribution in [-0.2, 0) is 0 Å². The fraction of sp³-hybridized carbons (Fsp3) is 0.286. The highest BCUT2D eigenvalue weighted by atomic mass is 16.1. The number of anilines is 1. The Hall–Kier alpha value is -3.55. The number of amides is 1. The molecular weight excluding hydrogens is 366 g/mol. The summed E-state index contributed by atoms with van der Waals surface area (Å²) in [6.07, 6.45) is 10.4. The summed E-state index contributed by atoms with van der Waals surface area (Å²) in [5.41, 5.74) is 2.27. The Kier molecular flexibility index (Phi) is 4.84. The van der Waals surface area contributed by atoms with Crippen molar-refractivity contribution in [3.63, 3.8) is 0 Å². The van der Waals surface area contributed by atoms with Crippen molar-refractivity contribution in [2.24, 2.45) is 0 Å². The lowest BCUT2D eigenvalue weighted by atomic mass is 10.1. The lowest BCUT2D eigenvalue weighted by Gasteiger charge is -2.11. The van der Waals surface area contributed by atoms with E-state index in [4.69, 9.17) is 0 Å². The van der Waals surface area contributed by atoms with Crippen molar-refractivity contribution >= 4 is 22.5 Å². The van der Waals surface area contributed by atoms with E-state index in [9.17, 15) is 4.79 Å². The maximum absolute atomic E-state index is 12.5. The van der Waals surface area contributed by atoms with Gasteiger partial charge in [0.15, 0.2) is 0 Å². The SMILES string of the molecule is CC(C)n1cc(C(=O)Nc2cc3cc(-c4cncn4C(C)C)ncc3cn2)cn1. The molecule has 0 spiro atoms. The number of imidazole rings is 1. The Morgan fingerprint density at radius 3 is 2.48 bits per heavy atom. The van der Waals surface area contributed by atoms with E-state index >= 15 is 0 Å². The predicted octanol–water partition coefficient (Wildman–Crippen LogP) is 4.10. The minimum Gasteiger partial charge on any atom is -0.327 e. The third kappa shape index (κ3) is 3.73. The minimum atomic E-state index is -0.240. The number of rotatable bonds is 5. The van der Waals surface area contributed by atoms with E-state index in [0.29, 0.717) is 11.4 Å². The molecule has 0 aromatic carbocycles. The summed E-state index contributed by atoms with van der Waals surface area (Å²) in [5.74, 6) is 0.241. The van der Waals surface area contributed by atoms with Gasteiger partial charge in [-0.05, 0) is 45.2 Å². The third-order valence-corrected chi connectivity index (χ3v) is 4.72. The number of carbonyl (C=O) groups is 1. The van der Waals surface area contributed by atoms with E-state index in [0.717, 1.165) is 22.2 Å². The van der Waals surface area contributed by atoms with Gasteiger partial charge < -0.3 is 9.88 Å². The maximum Gasteiger partial charge on any atom is 0.260 e. The number of fused-ring (bicyclic) bond motifs is 1. The average molecular weight is 389 g/mol. The monoisotopic (exact) mass is 389 g/mol. The zero-order valence-electron chi connectivity index (χ0n) is 16.9. The topological polar surface area (TPSA) is 90.5 Å². The molecule has 0 saturated carbocycles. The Balaban J connectivity index is 1.62. The van der Waals surface area contributed by atoms with Gasteiger partial charge in [0.05, 0.1) is 35.7 Å². The van der Waals surface area contributed by atoms with Gasteiger partial charge in [-0.3, -0.25) is 14.5 Å². The molecule has 4 heterocycles. The smallest absolute Gasteiger partial charge is 0.260 e. The highest BCUT2D eigenvalue weighted by Gasteiger charge is 2.13. The molecule has 1 N–H and O–H groups in total. The number of nitrogens with one attached hydrogen (secondary N) is 1. The summed E-state index contributed by atoms with van der Waals surface area (Å²) in [4.78, 5) is 25.7. The van der Waals surface area contributed by atoms with Crippen molar-refractivity contribution in [3.05, 3.63) is 55.0 Å². The number of hydrogen-bond donors (Lipinski definition) is 1. The second-order valence-corrected chi connectivity index (χ2v) is 7.52. The standard InChI is InChI=1S/C21H23N7O/c1-13(2)27-12-22-10-19(27)18-5-15-6-20(24-8-16(15)7-23-18)26-21(29)17-9-25-28(11-17)14(3)4/h5-14H,1-4H3,(H,24,26,29). The second-order valence-electron chi connectivity index (χ2n) is 7.52. The van der Waals surface area contributed by atoms with Crippen molar-refractivity contribution in [2.75, 3.05) is 5.32 Å². The Bertz CT molecular complexity index is 1170. The van der Waals surface area contributed by atoms with Crippen molar-refractivity contribution in [1.82, 2.24) is 29.3 Å². The number of hydrogen-bond acceptors (Lipinski definition) is 5. The lowest BCUT2D eigenvalue weighted by molar-refractivity contribution is 0.102. The molecule has 4 rings (SSSR count). The summed E-state index contributed by atoms with van der Waals surface area (Å²) in [5, 5.41) is 8.89. The molecule has 0 saturated heterocycles. The molecule has 0 aliphatic carbocycles. The van der Waals surface area contributed by atoms with Crippen LogP contribution < -0.4 is 5.32 Å². The molecule has 8 heteroatoms. The predicted molar refractivity (Wildman–Crippen MR) is 112 cm³/mol. The van der Waals surface area contributed by atoms with Crippen LogP contribution in [0, 0.1) is 0 Å². The van der Waals surface area contributed by atoms with Crippen LogP contribution in [0.3, 0.4) is 0 Å². The van der Waals surface area contributed by atoms with Crippen LogP contribution in [0.25, 0.3) is 22.2 Å². The summed E-state index contributed by atoms with van der Waals surface area (Å²) >= 11 is 0. The highest BCUT2D eigenvalue weighted by Crippen LogP contribution is 2.25. The fourth-order valence-electron chi connectivity index (χ4n) is 3.09. The van der Waals surface area contributed by atoms with Crippen LogP contribution >= 0.6 is 0 Å². The third-order valence-electron chi connectivity index (χ3n) is 4.72. The van der Waals surface area contributed by atoms with Crippen molar-refractivity contribution in [3.8, 4) is 11.4 Å². The molecule has 4 aromatic rings. The molecule has 148 valence electrons. The summed E-state index contributed by atoms with van der Waals surface area (Å²) in [7, 11) is 0. The lowest BCUT2D eigenvalue weighted by Crippen LogP contribution is -2.12. The van der Waals surface area contributed by atoms with E-state index in [1.807, 2.05) is 32.2 Å². The van der Waals surface area contributed by atoms with Gasteiger partial charge >= 0.3 is 0 Å². The fourth-order valence-corrected chi connectivity index (χ4v) is 3.09. The number of aromatic nitrogens is 6. The second kappa shape index (κ2) is 7.46. The molecule has 0 unspecified atom stereocenters. The van der Waals surface area contributed by atoms with Gasteiger partial charge in [0, 0.05) is 36.1 Å². The summed E-state index contributed by atoms with van der Waals surface area (Å²) in [6.45, 7) is 8.23. The van der Waals surface area contributed by atoms with E-state index in [1.54, 1.807) is 35.8 Å². The molecule has 8 nitrogen and oxygen atoms in total. The molecule has 1 amide bonds. The molecule has 0 aliphatic heterocycles. The first-order valence-electron chi connectivity index (χ1n) is 9.56. The Labute approximate surface area is 168 Å². The zero-order valence-corrected chi connectivity index (χ0v) is 16.9. The number of carbonyl (C=O) groups excluding carboxylic acids is 1. The van der Waals surface area contributed by atoms with E-state index in [-0.39, 0.29) is 18.0 Å². The van der Waals surface area contributed by atoms with Crippen LogP contribution in [0.4, 0.5) is 5.82 Å². The normalized spacial score (nSPS) is 11.5. The number of nitrogens with zero attached hydrogens (tertiary/aromatic N) is 6. The van der Waals surface area contributed by atoms with Gasteiger partial charge in [-0.15, -0.1) is 0 Å². The van der Waals surface area contributed by atoms with Crippen molar-refractivity contribution in [1.29, 1.82) is 0 Å². The van der Waals surface area contributed by atoms with Crippen LogP contribution in [0.2, 0.25) is 0 Å². The van der Waals surface area contributed by atoms with Crippen LogP contribution in [0.5, 0.6) is 0 Å². The van der Waals surface area contributed by atoms with Crippen molar-refractivity contribution < 1.29 is 4.79 Å². The first-order valence-corrected chi connectivity index (χ1v) is 9.56. The molecule has 4 aromatic heterocycles. The minimum absolute atomic E-state index is 0.195. The quantitative estimate of drug-likeness (QED) is 0.555. The Morgan fingerprint density at radius 2 is 1.76 bits per heavy atom. The maximum atomic E-state index is 12.5. The van der Waals surface area contributed by atoms with Gasteiger partial charge in [0.25, 0.3) is 5.91 Å². The molecule has 0 radical (unpaired) electrons. The summed E-state index contributed by atoms with van der Waals surface area (Å²) < 4.78 is 3.82. The van der Waals surface area contributed by atoms with Crippen LogP contribution in [-0.4, -0.2) is 35.2 Å². The first-order chi connectivity index (χ1) is 13.9. The van der Waals surface area contributed by atoms with E-state index in [2.05, 4.69) is 43.8 Å². The molecule has 0 aliphatic rings. The largest absolute Gasteiger partial charge is 0.327 e. The van der Waals surface area contributed by atoms with Crippen molar-refractivity contribution in [2.45, 2.75) is 39.8 Å². The molecule has 0 atom stereocenters. The summed E-state index contributed by atoms with van der Waals surface area (Å²) in [6, 6.07) is 4.31. The van der Waals surface area contributed by atoms with Gasteiger partial charge in [0.1, 0.15) is 5.82 Å². The van der Waals surface area contributed by atoms with E-state index < -0.39 is 0 Å². The van der Waals surface area contributed by atoms with Gasteiger partial charge in [0.2, 0.25) is 0 Å². The molecule has 0 bridgehead atoms. The molecule has 0 fully saturated rings. The highest BCUT2D eigenvalue weighted by molar-refractivity contribution is 6.04. The number of pyridine rings is 2. The molecular formula is C21H23N7O. The zero-order chi connectivity index (χ0) is 20.5. The average Bonchev–Trinajstić information content (AvgIpc) is 3.37. The Morgan fingerprint density at radius 1 is 0.966 bits per heavy atom.